The van der Waals surface area contributed by atoms with Crippen molar-refractivity contribution in [1.82, 2.24) is 34.7 Å². The average Bonchev–Trinajstić information content (AvgIpc) is 3.30. The Hall–Kier alpha value is -3.68. The Morgan fingerprint density at radius 3 is 2.81 bits per heavy atom. The third-order valence-electron chi connectivity index (χ3n) is 4.48. The zero-order valence-corrected chi connectivity index (χ0v) is 14.4. The minimum atomic E-state index is -0.298. The molecule has 0 unspecified atom stereocenters. The number of fused-ring (bicyclic) bond motifs is 2. The van der Waals surface area contributed by atoms with Crippen LogP contribution in [0.4, 0.5) is 4.39 Å². The molecule has 0 amide bonds. The molecule has 4 aromatic heterocycles. The standard InChI is InChI=1S/C19H14FN7/c1-26-10-13(9-22-26)15-6-7-17-19(23-15)27(25-24-17)11-12-4-5-16-14(18(12)20)3-2-8-21-16/h2-10H,11H2,1H3. The fraction of sp³-hybridized carbons (Fsp3) is 0.105. The van der Waals surface area contributed by atoms with Gasteiger partial charge in [0, 0.05) is 36.0 Å². The molecule has 5 aromatic rings. The van der Waals surface area contributed by atoms with E-state index in [1.807, 2.05) is 25.4 Å². The number of hydrogen-bond acceptors (Lipinski definition) is 5. The van der Waals surface area contributed by atoms with Crippen molar-refractivity contribution >= 4 is 22.1 Å². The molecule has 0 N–H and O–H groups in total. The summed E-state index contributed by atoms with van der Waals surface area (Å²) in [4.78, 5) is 8.84. The van der Waals surface area contributed by atoms with Crippen LogP contribution in [-0.2, 0) is 13.6 Å². The zero-order valence-electron chi connectivity index (χ0n) is 14.4. The van der Waals surface area contributed by atoms with E-state index in [4.69, 9.17) is 0 Å². The van der Waals surface area contributed by atoms with Crippen LogP contribution >= 0.6 is 0 Å². The maximum absolute atomic E-state index is 14.9. The van der Waals surface area contributed by atoms with Crippen LogP contribution in [0.3, 0.4) is 0 Å². The molecule has 4 heterocycles. The highest BCUT2D eigenvalue weighted by Crippen LogP contribution is 2.22. The highest BCUT2D eigenvalue weighted by Gasteiger charge is 2.13. The molecule has 1 aromatic carbocycles. The molecule has 0 aliphatic carbocycles. The second kappa shape index (κ2) is 5.94. The first-order valence-electron chi connectivity index (χ1n) is 8.40. The van der Waals surface area contributed by atoms with Crippen LogP contribution < -0.4 is 0 Å². The number of pyridine rings is 2. The minimum Gasteiger partial charge on any atom is -0.275 e. The highest BCUT2D eigenvalue weighted by atomic mass is 19.1. The molecule has 8 heteroatoms. The first-order chi connectivity index (χ1) is 13.2. The summed E-state index contributed by atoms with van der Waals surface area (Å²) in [5.41, 5.74) is 4.06. The van der Waals surface area contributed by atoms with Gasteiger partial charge in [-0.2, -0.15) is 5.10 Å². The number of nitrogens with zero attached hydrogens (tertiary/aromatic N) is 7. The minimum absolute atomic E-state index is 0.233. The largest absolute Gasteiger partial charge is 0.275 e. The summed E-state index contributed by atoms with van der Waals surface area (Å²) in [6.45, 7) is 0.233. The summed E-state index contributed by atoms with van der Waals surface area (Å²) in [5.74, 6) is -0.298. The van der Waals surface area contributed by atoms with Crippen molar-refractivity contribution in [2.24, 2.45) is 7.05 Å². The number of aromatic nitrogens is 7. The highest BCUT2D eigenvalue weighted by molar-refractivity contribution is 5.80. The first kappa shape index (κ1) is 15.6. The lowest BCUT2D eigenvalue weighted by atomic mass is 10.1. The molecule has 132 valence electrons. The molecule has 0 aliphatic rings. The first-order valence-corrected chi connectivity index (χ1v) is 8.40. The second-order valence-electron chi connectivity index (χ2n) is 6.30. The van der Waals surface area contributed by atoms with Crippen LogP contribution in [-0.4, -0.2) is 34.7 Å². The summed E-state index contributed by atoms with van der Waals surface area (Å²) in [5, 5.41) is 13.0. The number of benzene rings is 1. The number of halogens is 1. The smallest absolute Gasteiger partial charge is 0.179 e. The van der Waals surface area contributed by atoms with E-state index in [-0.39, 0.29) is 12.4 Å². The predicted octanol–water partition coefficient (Wildman–Crippen LogP) is 2.96. The third-order valence-corrected chi connectivity index (χ3v) is 4.48. The van der Waals surface area contributed by atoms with Crippen molar-refractivity contribution in [3.8, 4) is 11.3 Å². The van der Waals surface area contributed by atoms with Crippen molar-refractivity contribution in [2.75, 3.05) is 0 Å². The van der Waals surface area contributed by atoms with Crippen LogP contribution in [0, 0.1) is 5.82 Å². The lowest BCUT2D eigenvalue weighted by Gasteiger charge is -2.07. The number of hydrogen-bond donors (Lipinski definition) is 0. The monoisotopic (exact) mass is 359 g/mol. The van der Waals surface area contributed by atoms with E-state index in [1.54, 1.807) is 46.0 Å². The van der Waals surface area contributed by atoms with Crippen molar-refractivity contribution in [3.05, 3.63) is 66.4 Å². The summed E-state index contributed by atoms with van der Waals surface area (Å²) in [7, 11) is 1.85. The SMILES string of the molecule is Cn1cc(-c2ccc3nnn(Cc4ccc5ncccc5c4F)c3n2)cn1. The van der Waals surface area contributed by atoms with E-state index in [0.29, 0.717) is 27.6 Å². The summed E-state index contributed by atoms with van der Waals surface area (Å²) < 4.78 is 18.2. The molecule has 0 bridgehead atoms. The Bertz CT molecular complexity index is 1290. The Morgan fingerprint density at radius 2 is 1.96 bits per heavy atom. The lowest BCUT2D eigenvalue weighted by Crippen LogP contribution is -2.05. The van der Waals surface area contributed by atoms with E-state index in [2.05, 4.69) is 25.4 Å². The Kier molecular flexibility index (Phi) is 3.43. The average molecular weight is 359 g/mol. The fourth-order valence-electron chi connectivity index (χ4n) is 3.12. The third kappa shape index (κ3) is 2.62. The van der Waals surface area contributed by atoms with Gasteiger partial charge in [-0.1, -0.05) is 11.3 Å². The molecule has 0 spiro atoms. The predicted molar refractivity (Wildman–Crippen MR) is 98.3 cm³/mol. The Labute approximate surface area is 153 Å². The molecule has 0 saturated heterocycles. The summed E-state index contributed by atoms with van der Waals surface area (Å²) in [6.07, 6.45) is 5.28. The second-order valence-corrected chi connectivity index (χ2v) is 6.30. The number of rotatable bonds is 3. The summed E-state index contributed by atoms with van der Waals surface area (Å²) >= 11 is 0. The normalized spacial score (nSPS) is 11.5. The van der Waals surface area contributed by atoms with Crippen molar-refractivity contribution in [2.45, 2.75) is 6.54 Å². The van der Waals surface area contributed by atoms with Crippen LogP contribution in [0.2, 0.25) is 0 Å². The van der Waals surface area contributed by atoms with Gasteiger partial charge in [0.25, 0.3) is 0 Å². The maximum Gasteiger partial charge on any atom is 0.179 e. The van der Waals surface area contributed by atoms with Crippen molar-refractivity contribution in [1.29, 1.82) is 0 Å². The topological polar surface area (TPSA) is 74.3 Å². The quantitative estimate of drug-likeness (QED) is 0.495. The van der Waals surface area contributed by atoms with Crippen molar-refractivity contribution in [3.63, 3.8) is 0 Å². The van der Waals surface area contributed by atoms with Gasteiger partial charge >= 0.3 is 0 Å². The molecular weight excluding hydrogens is 345 g/mol. The summed E-state index contributed by atoms with van der Waals surface area (Å²) in [6, 6.07) is 10.7. The van der Waals surface area contributed by atoms with Crippen molar-refractivity contribution < 1.29 is 4.39 Å². The van der Waals surface area contributed by atoms with Gasteiger partial charge in [-0.3, -0.25) is 9.67 Å². The van der Waals surface area contributed by atoms with E-state index in [0.717, 1.165) is 11.3 Å². The molecule has 0 saturated carbocycles. The fourth-order valence-corrected chi connectivity index (χ4v) is 3.12. The van der Waals surface area contributed by atoms with E-state index < -0.39 is 0 Å². The van der Waals surface area contributed by atoms with Crippen LogP contribution in [0.5, 0.6) is 0 Å². The molecular formula is C19H14FN7. The maximum atomic E-state index is 14.9. The molecule has 0 aliphatic heterocycles. The molecule has 0 radical (unpaired) electrons. The lowest BCUT2D eigenvalue weighted by molar-refractivity contribution is 0.590. The molecule has 0 fully saturated rings. The van der Waals surface area contributed by atoms with Gasteiger partial charge in [-0.15, -0.1) is 5.10 Å². The van der Waals surface area contributed by atoms with Crippen LogP contribution in [0.15, 0.2) is 55.0 Å². The van der Waals surface area contributed by atoms with Gasteiger partial charge in [0.05, 0.1) is 24.0 Å². The van der Waals surface area contributed by atoms with Gasteiger partial charge in [0.2, 0.25) is 0 Å². The van der Waals surface area contributed by atoms with E-state index in [1.165, 1.54) is 0 Å². The van der Waals surface area contributed by atoms with Gasteiger partial charge in [-0.25, -0.2) is 14.1 Å². The molecule has 5 rings (SSSR count). The van der Waals surface area contributed by atoms with Gasteiger partial charge in [0.1, 0.15) is 11.3 Å². The van der Waals surface area contributed by atoms with Gasteiger partial charge < -0.3 is 0 Å². The van der Waals surface area contributed by atoms with E-state index in [9.17, 15) is 4.39 Å². The molecule has 7 nitrogen and oxygen atoms in total. The number of aryl methyl sites for hydroxylation is 1. The Morgan fingerprint density at radius 1 is 1.07 bits per heavy atom. The molecule has 0 atom stereocenters. The Balaban J connectivity index is 1.58. The van der Waals surface area contributed by atoms with Crippen LogP contribution in [0.25, 0.3) is 33.3 Å². The van der Waals surface area contributed by atoms with Gasteiger partial charge in [0.15, 0.2) is 5.65 Å². The zero-order chi connectivity index (χ0) is 18.4. The molecule has 27 heavy (non-hydrogen) atoms. The van der Waals surface area contributed by atoms with Crippen LogP contribution in [0.1, 0.15) is 5.56 Å². The van der Waals surface area contributed by atoms with E-state index >= 15 is 0 Å². The van der Waals surface area contributed by atoms with Gasteiger partial charge in [-0.05, 0) is 30.3 Å².